The van der Waals surface area contributed by atoms with Gasteiger partial charge >= 0.3 is 0 Å². The molecule has 0 aromatic carbocycles. The Bertz CT molecular complexity index is 586. The van der Waals surface area contributed by atoms with E-state index in [-0.39, 0.29) is 24.0 Å². The van der Waals surface area contributed by atoms with Crippen LogP contribution in [0.2, 0.25) is 0 Å². The second-order valence-electron chi connectivity index (χ2n) is 6.00. The van der Waals surface area contributed by atoms with Crippen LogP contribution in [0.1, 0.15) is 27.2 Å². The molecule has 0 saturated carbocycles. The van der Waals surface area contributed by atoms with E-state index in [0.717, 1.165) is 32.3 Å². The molecule has 0 saturated heterocycles. The maximum atomic E-state index is 11.3. The third-order valence-electron chi connectivity index (χ3n) is 2.85. The van der Waals surface area contributed by atoms with Crippen molar-refractivity contribution in [1.29, 1.82) is 0 Å². The van der Waals surface area contributed by atoms with E-state index in [1.807, 2.05) is 23.9 Å². The van der Waals surface area contributed by atoms with Gasteiger partial charge in [-0.25, -0.2) is 13.1 Å². The van der Waals surface area contributed by atoms with Crippen molar-refractivity contribution in [3.8, 4) is 0 Å². The molecule has 3 N–H and O–H groups in total. The highest BCUT2D eigenvalue weighted by Gasteiger charge is 2.21. The standard InChI is InChI=1S/C14H28N6O2S.HI/c1-5-15-13(16-8-6-10-20-11-7-9-18-20)17-12-14(2,3)19-23(4,21)22;/h7,9,11,19H,5-6,8,10,12H2,1-4H3,(H2,15,16,17);1H. The van der Waals surface area contributed by atoms with Crippen molar-refractivity contribution >= 4 is 40.0 Å². The van der Waals surface area contributed by atoms with Crippen molar-refractivity contribution < 1.29 is 8.42 Å². The third kappa shape index (κ3) is 10.8. The minimum Gasteiger partial charge on any atom is -0.357 e. The SMILES string of the molecule is CCNC(=NCC(C)(C)NS(C)(=O)=O)NCCCn1cccn1.I. The van der Waals surface area contributed by atoms with E-state index in [9.17, 15) is 8.42 Å². The fourth-order valence-corrected chi connectivity index (χ4v) is 3.10. The van der Waals surface area contributed by atoms with Crippen molar-refractivity contribution in [3.63, 3.8) is 0 Å². The summed E-state index contributed by atoms with van der Waals surface area (Å²) in [6, 6.07) is 1.90. The smallest absolute Gasteiger partial charge is 0.209 e. The summed E-state index contributed by atoms with van der Waals surface area (Å²) in [5.41, 5.74) is -0.634. The van der Waals surface area contributed by atoms with E-state index in [1.54, 1.807) is 20.0 Å². The van der Waals surface area contributed by atoms with Gasteiger partial charge in [0.15, 0.2) is 5.96 Å². The average Bonchev–Trinajstić information content (AvgIpc) is 2.91. The predicted molar refractivity (Wildman–Crippen MR) is 108 cm³/mol. The Balaban J connectivity index is 0.00000529. The molecule has 1 aromatic heterocycles. The Morgan fingerprint density at radius 1 is 1.33 bits per heavy atom. The van der Waals surface area contributed by atoms with Gasteiger partial charge in [0.05, 0.1) is 12.8 Å². The van der Waals surface area contributed by atoms with Gasteiger partial charge in [-0.05, 0) is 33.3 Å². The molecule has 1 rings (SSSR count). The molecule has 140 valence electrons. The van der Waals surface area contributed by atoms with Crippen LogP contribution in [0, 0.1) is 0 Å². The monoisotopic (exact) mass is 472 g/mol. The van der Waals surface area contributed by atoms with E-state index >= 15 is 0 Å². The number of aryl methyl sites for hydroxylation is 1. The van der Waals surface area contributed by atoms with E-state index in [0.29, 0.717) is 12.5 Å². The summed E-state index contributed by atoms with van der Waals surface area (Å²) < 4.78 is 27.1. The van der Waals surface area contributed by atoms with Gasteiger partial charge in [0.1, 0.15) is 0 Å². The van der Waals surface area contributed by atoms with E-state index < -0.39 is 15.6 Å². The van der Waals surface area contributed by atoms with Gasteiger partial charge in [-0.2, -0.15) is 5.10 Å². The van der Waals surface area contributed by atoms with Gasteiger partial charge in [0.2, 0.25) is 10.0 Å². The van der Waals surface area contributed by atoms with Crippen LogP contribution in [-0.4, -0.2) is 55.6 Å². The number of aliphatic imine (C=N–C) groups is 1. The van der Waals surface area contributed by atoms with Crippen molar-refractivity contribution in [2.45, 2.75) is 39.3 Å². The van der Waals surface area contributed by atoms with E-state index in [4.69, 9.17) is 0 Å². The Morgan fingerprint density at radius 2 is 2.04 bits per heavy atom. The van der Waals surface area contributed by atoms with E-state index in [2.05, 4.69) is 25.4 Å². The zero-order valence-electron chi connectivity index (χ0n) is 14.7. The second kappa shape index (κ2) is 10.9. The number of guanidine groups is 1. The number of halogens is 1. The van der Waals surface area contributed by atoms with Gasteiger partial charge in [-0.3, -0.25) is 9.67 Å². The van der Waals surface area contributed by atoms with Crippen LogP contribution in [0.3, 0.4) is 0 Å². The summed E-state index contributed by atoms with van der Waals surface area (Å²) in [7, 11) is -3.26. The summed E-state index contributed by atoms with van der Waals surface area (Å²) in [6.45, 7) is 8.27. The lowest BCUT2D eigenvalue weighted by molar-refractivity contribution is 0.464. The van der Waals surface area contributed by atoms with E-state index in [1.165, 1.54) is 0 Å². The quantitative estimate of drug-likeness (QED) is 0.214. The maximum absolute atomic E-state index is 11.3. The number of hydrogen-bond donors (Lipinski definition) is 3. The molecule has 0 spiro atoms. The summed E-state index contributed by atoms with van der Waals surface area (Å²) in [4.78, 5) is 4.45. The third-order valence-corrected chi connectivity index (χ3v) is 3.78. The maximum Gasteiger partial charge on any atom is 0.209 e. The largest absolute Gasteiger partial charge is 0.357 e. The zero-order chi connectivity index (χ0) is 17.3. The summed E-state index contributed by atoms with van der Waals surface area (Å²) in [6.07, 6.45) is 5.75. The number of hydrogen-bond acceptors (Lipinski definition) is 4. The molecule has 0 radical (unpaired) electrons. The molecule has 0 bridgehead atoms. The molecule has 0 aliphatic carbocycles. The Hall–Kier alpha value is -0.880. The molecule has 0 amide bonds. The first-order chi connectivity index (χ1) is 10.7. The van der Waals surface area contributed by atoms with Crippen molar-refractivity contribution in [1.82, 2.24) is 25.1 Å². The van der Waals surface area contributed by atoms with Crippen molar-refractivity contribution in [3.05, 3.63) is 18.5 Å². The van der Waals surface area contributed by atoms with Gasteiger partial charge in [0, 0.05) is 37.6 Å². The molecule has 24 heavy (non-hydrogen) atoms. The summed E-state index contributed by atoms with van der Waals surface area (Å²) in [5.74, 6) is 0.677. The fraction of sp³-hybridized carbons (Fsp3) is 0.714. The number of sulfonamides is 1. The van der Waals surface area contributed by atoms with Gasteiger partial charge in [-0.1, -0.05) is 0 Å². The van der Waals surface area contributed by atoms with Crippen LogP contribution in [-0.2, 0) is 16.6 Å². The molecule has 8 nitrogen and oxygen atoms in total. The topological polar surface area (TPSA) is 100 Å². The minimum absolute atomic E-state index is 0. The predicted octanol–water partition coefficient (Wildman–Crippen LogP) is 0.774. The summed E-state index contributed by atoms with van der Waals surface area (Å²) >= 11 is 0. The molecule has 10 heteroatoms. The first-order valence-electron chi connectivity index (χ1n) is 7.70. The minimum atomic E-state index is -3.26. The van der Waals surface area contributed by atoms with Gasteiger partial charge in [0.25, 0.3) is 0 Å². The molecule has 1 aromatic rings. The summed E-state index contributed by atoms with van der Waals surface area (Å²) in [5, 5.41) is 10.5. The molecule has 0 aliphatic heterocycles. The first kappa shape index (κ1) is 23.1. The van der Waals surface area contributed by atoms with Crippen LogP contribution in [0.15, 0.2) is 23.5 Å². The van der Waals surface area contributed by atoms with Crippen LogP contribution in [0.25, 0.3) is 0 Å². The zero-order valence-corrected chi connectivity index (χ0v) is 17.9. The average molecular weight is 472 g/mol. The van der Waals surface area contributed by atoms with Crippen molar-refractivity contribution in [2.75, 3.05) is 25.9 Å². The number of nitrogens with one attached hydrogen (secondary N) is 3. The highest BCUT2D eigenvalue weighted by atomic mass is 127. The Labute approximate surface area is 162 Å². The van der Waals surface area contributed by atoms with Crippen LogP contribution >= 0.6 is 24.0 Å². The fourth-order valence-electron chi connectivity index (χ4n) is 2.03. The van der Waals surface area contributed by atoms with Gasteiger partial charge in [-0.15, -0.1) is 24.0 Å². The highest BCUT2D eigenvalue weighted by Crippen LogP contribution is 2.04. The van der Waals surface area contributed by atoms with Crippen molar-refractivity contribution in [2.24, 2.45) is 4.99 Å². The Kier molecular flexibility index (Phi) is 10.5. The molecule has 0 unspecified atom stereocenters. The first-order valence-corrected chi connectivity index (χ1v) is 9.59. The van der Waals surface area contributed by atoms with Crippen LogP contribution < -0.4 is 15.4 Å². The number of nitrogens with zero attached hydrogens (tertiary/aromatic N) is 3. The highest BCUT2D eigenvalue weighted by molar-refractivity contribution is 14.0. The molecule has 0 aliphatic rings. The second-order valence-corrected chi connectivity index (χ2v) is 7.75. The van der Waals surface area contributed by atoms with Crippen LogP contribution in [0.4, 0.5) is 0 Å². The van der Waals surface area contributed by atoms with Crippen LogP contribution in [0.5, 0.6) is 0 Å². The van der Waals surface area contributed by atoms with Gasteiger partial charge < -0.3 is 10.6 Å². The lowest BCUT2D eigenvalue weighted by atomic mass is 10.1. The number of aromatic nitrogens is 2. The molecule has 1 heterocycles. The molecule has 0 fully saturated rings. The molecular weight excluding hydrogens is 443 g/mol. The molecule has 0 atom stereocenters. The Morgan fingerprint density at radius 3 is 2.58 bits per heavy atom. The molecular formula is C14H29IN6O2S. The number of rotatable bonds is 9. The lowest BCUT2D eigenvalue weighted by Crippen LogP contribution is -2.46. The lowest BCUT2D eigenvalue weighted by Gasteiger charge is -2.23. The normalized spacial score (nSPS) is 12.6.